The van der Waals surface area contributed by atoms with Crippen LogP contribution < -0.4 is 11.1 Å². The van der Waals surface area contributed by atoms with Gasteiger partial charge in [0, 0.05) is 0 Å². The lowest BCUT2D eigenvalue weighted by Gasteiger charge is -2.43. The summed E-state index contributed by atoms with van der Waals surface area (Å²) >= 11 is 0. The number of carbonyl (C=O) groups is 1. The zero-order valence-electron chi connectivity index (χ0n) is 12.2. The van der Waals surface area contributed by atoms with E-state index < -0.39 is 6.04 Å². The Hall–Kier alpha value is -1.42. The summed E-state index contributed by atoms with van der Waals surface area (Å²) < 4.78 is 13.0. The number of nitrogens with two attached hydrogens (primary N) is 1. The van der Waals surface area contributed by atoms with Crippen LogP contribution in [0.2, 0.25) is 0 Å². The van der Waals surface area contributed by atoms with Crippen molar-refractivity contribution in [1.82, 2.24) is 5.32 Å². The average Bonchev–Trinajstić information content (AvgIpc) is 2.34. The molecule has 3 N–H and O–H groups in total. The molecule has 0 bridgehead atoms. The number of halogens is 1. The van der Waals surface area contributed by atoms with Crippen LogP contribution in [0.25, 0.3) is 0 Å². The number of hydrogen-bond donors (Lipinski definition) is 2. The first kappa shape index (κ1) is 15.0. The minimum absolute atomic E-state index is 0.109. The first-order valence-corrected chi connectivity index (χ1v) is 7.26. The van der Waals surface area contributed by atoms with E-state index in [2.05, 4.69) is 5.32 Å². The van der Waals surface area contributed by atoms with E-state index >= 15 is 0 Å². The molecule has 0 radical (unpaired) electrons. The smallest absolute Gasteiger partial charge is 0.237 e. The Labute approximate surface area is 119 Å². The Bertz CT molecular complexity index is 466. The molecule has 1 atom stereocenters. The minimum atomic E-state index is -0.479. The third kappa shape index (κ3) is 3.18. The van der Waals surface area contributed by atoms with Crippen LogP contribution in [-0.2, 0) is 10.3 Å². The van der Waals surface area contributed by atoms with E-state index in [1.807, 2.05) is 13.8 Å². The van der Waals surface area contributed by atoms with Crippen molar-refractivity contribution in [3.63, 3.8) is 0 Å². The molecule has 0 unspecified atom stereocenters. The Morgan fingerprint density at radius 2 is 1.95 bits per heavy atom. The molecule has 0 spiro atoms. The number of amides is 1. The van der Waals surface area contributed by atoms with E-state index in [0.29, 0.717) is 12.3 Å². The highest BCUT2D eigenvalue weighted by molar-refractivity contribution is 5.82. The van der Waals surface area contributed by atoms with Crippen LogP contribution in [0.4, 0.5) is 4.39 Å². The number of hydrogen-bond acceptors (Lipinski definition) is 2. The van der Waals surface area contributed by atoms with E-state index in [0.717, 1.165) is 24.8 Å². The van der Waals surface area contributed by atoms with Gasteiger partial charge in [-0.15, -0.1) is 0 Å². The monoisotopic (exact) mass is 278 g/mol. The minimum Gasteiger partial charge on any atom is -0.345 e. The van der Waals surface area contributed by atoms with Gasteiger partial charge >= 0.3 is 0 Å². The van der Waals surface area contributed by atoms with Gasteiger partial charge in [0.05, 0.1) is 11.6 Å². The van der Waals surface area contributed by atoms with E-state index in [-0.39, 0.29) is 17.3 Å². The van der Waals surface area contributed by atoms with Crippen molar-refractivity contribution in [3.05, 3.63) is 35.6 Å². The number of rotatable bonds is 5. The van der Waals surface area contributed by atoms with Gasteiger partial charge < -0.3 is 11.1 Å². The molecule has 0 heterocycles. The van der Waals surface area contributed by atoms with Gasteiger partial charge in [-0.25, -0.2) is 4.39 Å². The van der Waals surface area contributed by atoms with Crippen LogP contribution in [-0.4, -0.2) is 11.9 Å². The van der Waals surface area contributed by atoms with Crippen molar-refractivity contribution < 1.29 is 9.18 Å². The number of benzene rings is 1. The van der Waals surface area contributed by atoms with Gasteiger partial charge in [0.1, 0.15) is 5.82 Å². The third-order valence-electron chi connectivity index (χ3n) is 4.03. The molecular formula is C16H23FN2O. The molecule has 0 saturated heterocycles. The van der Waals surface area contributed by atoms with E-state index in [9.17, 15) is 9.18 Å². The van der Waals surface area contributed by atoms with Gasteiger partial charge in [0.15, 0.2) is 0 Å². The second-order valence-corrected chi connectivity index (χ2v) is 6.17. The van der Waals surface area contributed by atoms with Crippen molar-refractivity contribution in [2.75, 3.05) is 0 Å². The van der Waals surface area contributed by atoms with Gasteiger partial charge in [-0.1, -0.05) is 26.0 Å². The fraction of sp³-hybridized carbons (Fsp3) is 0.562. The molecule has 20 heavy (non-hydrogen) atoms. The predicted octanol–water partition coefficient (Wildman–Crippen LogP) is 2.69. The van der Waals surface area contributed by atoms with Gasteiger partial charge in [0.2, 0.25) is 5.91 Å². The predicted molar refractivity (Wildman–Crippen MR) is 77.5 cm³/mol. The molecule has 110 valence electrons. The molecule has 1 aliphatic rings. The number of carbonyl (C=O) groups excluding carboxylic acids is 1. The van der Waals surface area contributed by atoms with Crippen molar-refractivity contribution >= 4 is 5.91 Å². The second kappa shape index (κ2) is 5.92. The quantitative estimate of drug-likeness (QED) is 0.870. The first-order chi connectivity index (χ1) is 9.43. The molecule has 1 fully saturated rings. The Balaban J connectivity index is 2.08. The van der Waals surface area contributed by atoms with E-state index in [1.165, 1.54) is 12.1 Å². The molecule has 1 aliphatic carbocycles. The lowest BCUT2D eigenvalue weighted by atomic mass is 9.71. The summed E-state index contributed by atoms with van der Waals surface area (Å²) in [5.41, 5.74) is 6.55. The maximum atomic E-state index is 13.0. The zero-order valence-corrected chi connectivity index (χ0v) is 12.2. The van der Waals surface area contributed by atoms with Gasteiger partial charge in [-0.3, -0.25) is 4.79 Å². The molecular weight excluding hydrogens is 255 g/mol. The second-order valence-electron chi connectivity index (χ2n) is 6.17. The maximum absolute atomic E-state index is 13.0. The largest absolute Gasteiger partial charge is 0.345 e. The van der Waals surface area contributed by atoms with Crippen molar-refractivity contribution in [3.8, 4) is 0 Å². The van der Waals surface area contributed by atoms with Gasteiger partial charge in [-0.2, -0.15) is 0 Å². The van der Waals surface area contributed by atoms with E-state index in [1.54, 1.807) is 12.1 Å². The Kier molecular flexibility index (Phi) is 4.43. The molecule has 3 nitrogen and oxygen atoms in total. The van der Waals surface area contributed by atoms with Crippen LogP contribution >= 0.6 is 0 Å². The Morgan fingerprint density at radius 1 is 1.35 bits per heavy atom. The lowest BCUT2D eigenvalue weighted by molar-refractivity contribution is -0.126. The van der Waals surface area contributed by atoms with Crippen molar-refractivity contribution in [2.24, 2.45) is 11.7 Å². The van der Waals surface area contributed by atoms with Crippen LogP contribution in [0.5, 0.6) is 0 Å². The van der Waals surface area contributed by atoms with E-state index in [4.69, 9.17) is 5.73 Å². The van der Waals surface area contributed by atoms with Gasteiger partial charge in [-0.05, 0) is 49.3 Å². The van der Waals surface area contributed by atoms with Gasteiger partial charge in [0.25, 0.3) is 0 Å². The average molecular weight is 278 g/mol. The maximum Gasteiger partial charge on any atom is 0.237 e. The summed E-state index contributed by atoms with van der Waals surface area (Å²) in [5.74, 6) is 0.0210. The molecule has 1 saturated carbocycles. The molecule has 2 rings (SSSR count). The topological polar surface area (TPSA) is 55.1 Å². The molecule has 0 aliphatic heterocycles. The molecule has 1 aromatic carbocycles. The SMILES string of the molecule is CC(C)C[C@H](N)C(=O)NC1(c2ccc(F)cc2)CCC1. The van der Waals surface area contributed by atoms with Crippen LogP contribution in [0.3, 0.4) is 0 Å². The first-order valence-electron chi connectivity index (χ1n) is 7.26. The standard InChI is InChI=1S/C16H23FN2O/c1-11(2)10-14(18)15(20)19-16(8-3-9-16)12-4-6-13(17)7-5-12/h4-7,11,14H,3,8-10,18H2,1-2H3,(H,19,20)/t14-/m0/s1. The highest BCUT2D eigenvalue weighted by Gasteiger charge is 2.40. The summed E-state index contributed by atoms with van der Waals surface area (Å²) in [6.45, 7) is 4.10. The zero-order chi connectivity index (χ0) is 14.8. The summed E-state index contributed by atoms with van der Waals surface area (Å²) in [7, 11) is 0. The lowest BCUT2D eigenvalue weighted by Crippen LogP contribution is -2.55. The van der Waals surface area contributed by atoms with Crippen LogP contribution in [0, 0.1) is 11.7 Å². The van der Waals surface area contributed by atoms with Crippen molar-refractivity contribution in [1.29, 1.82) is 0 Å². The Morgan fingerprint density at radius 3 is 2.40 bits per heavy atom. The number of nitrogens with one attached hydrogen (secondary N) is 1. The summed E-state index contributed by atoms with van der Waals surface area (Å²) in [5, 5.41) is 3.08. The van der Waals surface area contributed by atoms with Crippen molar-refractivity contribution in [2.45, 2.75) is 51.1 Å². The third-order valence-corrected chi connectivity index (χ3v) is 4.03. The van der Waals surface area contributed by atoms with Crippen LogP contribution in [0.15, 0.2) is 24.3 Å². The highest BCUT2D eigenvalue weighted by Crippen LogP contribution is 2.41. The highest BCUT2D eigenvalue weighted by atomic mass is 19.1. The molecule has 1 amide bonds. The fourth-order valence-corrected chi connectivity index (χ4v) is 2.73. The summed E-state index contributed by atoms with van der Waals surface area (Å²) in [4.78, 5) is 12.2. The normalized spacial score (nSPS) is 18.4. The fourth-order valence-electron chi connectivity index (χ4n) is 2.73. The van der Waals surface area contributed by atoms with Crippen LogP contribution in [0.1, 0.15) is 45.1 Å². The summed E-state index contributed by atoms with van der Waals surface area (Å²) in [6, 6.07) is 5.91. The summed E-state index contributed by atoms with van der Waals surface area (Å²) in [6.07, 6.45) is 3.51. The molecule has 0 aromatic heterocycles. The molecule has 4 heteroatoms. The molecule has 1 aromatic rings.